The predicted molar refractivity (Wildman–Crippen MR) is 167 cm³/mol. The number of likely N-dealkylation sites (tertiary alicyclic amines) is 1. The van der Waals surface area contributed by atoms with Crippen LogP contribution in [0.2, 0.25) is 0 Å². The summed E-state index contributed by atoms with van der Waals surface area (Å²) < 4.78 is 0. The van der Waals surface area contributed by atoms with Gasteiger partial charge in [-0.2, -0.15) is 0 Å². The van der Waals surface area contributed by atoms with E-state index in [9.17, 15) is 9.59 Å². The maximum atomic E-state index is 12.8. The number of benzene rings is 4. The molecule has 43 heavy (non-hydrogen) atoms. The van der Waals surface area contributed by atoms with Gasteiger partial charge in [-0.3, -0.25) is 4.79 Å². The van der Waals surface area contributed by atoms with E-state index in [-0.39, 0.29) is 17.5 Å². The Labute approximate surface area is 247 Å². The van der Waals surface area contributed by atoms with Crippen LogP contribution in [0.15, 0.2) is 84.9 Å². The number of aromatic amines is 2. The van der Waals surface area contributed by atoms with Gasteiger partial charge in [-0.05, 0) is 92.6 Å². The Hall–Kier alpha value is -5.28. The standard InChI is InChI=1S/C34H30N6O3/c1-40-16-14-26(15-17-40)35-33(41)22-6-2-20(3-7-22)31-36-27-12-10-24(18-29(27)38-31)25-11-13-28-30(19-25)39-32(37-28)21-4-8-23(9-5-21)34(42)43/h2-13,18-19,26H,14-17H2,1H3,(H,35,41)(H,36,38)(H,37,39)(H,42,43). The largest absolute Gasteiger partial charge is 0.478 e. The van der Waals surface area contributed by atoms with Crippen LogP contribution in [-0.2, 0) is 0 Å². The topological polar surface area (TPSA) is 127 Å². The molecule has 0 aliphatic carbocycles. The van der Waals surface area contributed by atoms with E-state index >= 15 is 0 Å². The van der Waals surface area contributed by atoms with Crippen molar-refractivity contribution in [3.8, 4) is 33.9 Å². The molecule has 1 fully saturated rings. The average Bonchev–Trinajstić information content (AvgIpc) is 3.66. The summed E-state index contributed by atoms with van der Waals surface area (Å²) in [5.74, 6) is 0.437. The van der Waals surface area contributed by atoms with Crippen molar-refractivity contribution in [2.75, 3.05) is 20.1 Å². The summed E-state index contributed by atoms with van der Waals surface area (Å²) in [4.78, 5) is 42.5. The van der Waals surface area contributed by atoms with Crippen molar-refractivity contribution >= 4 is 33.9 Å². The molecule has 0 radical (unpaired) electrons. The normalized spacial score (nSPS) is 14.3. The lowest BCUT2D eigenvalue weighted by molar-refractivity contribution is 0.0696. The molecule has 0 atom stereocenters. The van der Waals surface area contributed by atoms with Crippen molar-refractivity contribution in [3.63, 3.8) is 0 Å². The molecule has 4 aromatic carbocycles. The van der Waals surface area contributed by atoms with Gasteiger partial charge in [-0.25, -0.2) is 14.8 Å². The summed E-state index contributed by atoms with van der Waals surface area (Å²) in [6, 6.07) is 26.7. The van der Waals surface area contributed by atoms with E-state index in [0.29, 0.717) is 11.4 Å². The van der Waals surface area contributed by atoms with Gasteiger partial charge >= 0.3 is 5.97 Å². The van der Waals surface area contributed by atoms with Crippen molar-refractivity contribution < 1.29 is 14.7 Å². The predicted octanol–water partition coefficient (Wildman–Crippen LogP) is 5.96. The Kier molecular flexibility index (Phi) is 6.71. The maximum Gasteiger partial charge on any atom is 0.335 e. The van der Waals surface area contributed by atoms with Gasteiger partial charge in [0.05, 0.1) is 27.6 Å². The summed E-state index contributed by atoms with van der Waals surface area (Å²) >= 11 is 0. The first kappa shape index (κ1) is 26.6. The third kappa shape index (κ3) is 5.38. The van der Waals surface area contributed by atoms with Gasteiger partial charge in [0.25, 0.3) is 5.91 Å². The van der Waals surface area contributed by atoms with Gasteiger partial charge in [0, 0.05) is 22.7 Å². The van der Waals surface area contributed by atoms with Crippen LogP contribution in [0.25, 0.3) is 56.0 Å². The molecular formula is C34H30N6O3. The molecule has 0 spiro atoms. The summed E-state index contributed by atoms with van der Waals surface area (Å²) in [6.45, 7) is 2.01. The van der Waals surface area contributed by atoms with E-state index in [2.05, 4.69) is 39.4 Å². The number of carbonyl (C=O) groups is 2. The Balaban J connectivity index is 1.09. The number of H-pyrrole nitrogens is 2. The van der Waals surface area contributed by atoms with Crippen molar-refractivity contribution in [2.45, 2.75) is 18.9 Å². The number of nitrogens with one attached hydrogen (secondary N) is 3. The van der Waals surface area contributed by atoms with Crippen LogP contribution < -0.4 is 5.32 Å². The van der Waals surface area contributed by atoms with Crippen LogP contribution in [-0.4, -0.2) is 68.0 Å². The number of carboxylic acid groups (broad SMARTS) is 1. The second kappa shape index (κ2) is 10.8. The number of aromatic nitrogens is 4. The third-order valence-electron chi connectivity index (χ3n) is 8.18. The summed E-state index contributed by atoms with van der Waals surface area (Å²) in [5.41, 5.74) is 8.13. The number of hydrogen-bond acceptors (Lipinski definition) is 5. The second-order valence-corrected chi connectivity index (χ2v) is 11.1. The zero-order valence-corrected chi connectivity index (χ0v) is 23.6. The molecule has 0 unspecified atom stereocenters. The minimum Gasteiger partial charge on any atom is -0.478 e. The molecule has 1 amide bonds. The highest BCUT2D eigenvalue weighted by Gasteiger charge is 2.19. The molecule has 214 valence electrons. The first-order valence-corrected chi connectivity index (χ1v) is 14.3. The molecule has 0 saturated carbocycles. The summed E-state index contributed by atoms with van der Waals surface area (Å²) in [6.07, 6.45) is 1.95. The van der Waals surface area contributed by atoms with Crippen LogP contribution in [0.1, 0.15) is 33.6 Å². The van der Waals surface area contributed by atoms with Crippen LogP contribution >= 0.6 is 0 Å². The SMILES string of the molecule is CN1CCC(NC(=O)c2ccc(-c3nc4cc(-c5ccc6[nH]c(-c7ccc(C(=O)O)cc7)nc6c5)ccc4[nH]3)cc2)CC1. The number of aromatic carboxylic acids is 1. The molecule has 9 heteroatoms. The third-order valence-corrected chi connectivity index (χ3v) is 8.18. The first-order valence-electron chi connectivity index (χ1n) is 14.3. The Morgan fingerprint density at radius 2 is 1.19 bits per heavy atom. The Morgan fingerprint density at radius 3 is 1.67 bits per heavy atom. The van der Waals surface area contributed by atoms with Crippen molar-refractivity contribution in [1.29, 1.82) is 0 Å². The molecule has 1 aliphatic rings. The highest BCUT2D eigenvalue weighted by atomic mass is 16.4. The molecule has 4 N–H and O–H groups in total. The zero-order chi connectivity index (χ0) is 29.5. The average molecular weight is 571 g/mol. The first-order chi connectivity index (χ1) is 20.9. The van der Waals surface area contributed by atoms with E-state index in [0.717, 1.165) is 76.1 Å². The molecular weight excluding hydrogens is 540 g/mol. The van der Waals surface area contributed by atoms with Crippen molar-refractivity contribution in [1.82, 2.24) is 30.2 Å². The van der Waals surface area contributed by atoms with Gasteiger partial charge in [0.15, 0.2) is 0 Å². The fraction of sp³-hybridized carbons (Fsp3) is 0.176. The van der Waals surface area contributed by atoms with Gasteiger partial charge in [-0.1, -0.05) is 36.4 Å². The molecule has 0 bridgehead atoms. The fourth-order valence-electron chi connectivity index (χ4n) is 5.62. The van der Waals surface area contributed by atoms with Crippen molar-refractivity contribution in [3.05, 3.63) is 96.1 Å². The van der Waals surface area contributed by atoms with E-state index in [1.54, 1.807) is 24.3 Å². The quantitative estimate of drug-likeness (QED) is 0.196. The number of nitrogens with zero attached hydrogens (tertiary/aromatic N) is 3. The minimum absolute atomic E-state index is 0.0348. The van der Waals surface area contributed by atoms with E-state index in [4.69, 9.17) is 15.1 Å². The monoisotopic (exact) mass is 570 g/mol. The number of amides is 1. The Morgan fingerprint density at radius 1 is 0.721 bits per heavy atom. The number of piperidine rings is 1. The van der Waals surface area contributed by atoms with E-state index in [1.165, 1.54) is 0 Å². The molecule has 3 heterocycles. The lowest BCUT2D eigenvalue weighted by atomic mass is 10.0. The van der Waals surface area contributed by atoms with Crippen LogP contribution in [0.4, 0.5) is 0 Å². The number of carbonyl (C=O) groups excluding carboxylic acids is 1. The number of hydrogen-bond donors (Lipinski definition) is 4. The highest BCUT2D eigenvalue weighted by molar-refractivity contribution is 5.95. The van der Waals surface area contributed by atoms with Crippen LogP contribution in [0, 0.1) is 0 Å². The molecule has 9 nitrogen and oxygen atoms in total. The zero-order valence-electron chi connectivity index (χ0n) is 23.6. The molecule has 6 aromatic rings. The summed E-state index contributed by atoms with van der Waals surface area (Å²) in [5, 5.41) is 12.3. The van der Waals surface area contributed by atoms with Crippen LogP contribution in [0.5, 0.6) is 0 Å². The number of carboxylic acids is 1. The Bertz CT molecular complexity index is 1970. The number of fused-ring (bicyclic) bond motifs is 2. The van der Waals surface area contributed by atoms with Gasteiger partial charge in [-0.15, -0.1) is 0 Å². The maximum absolute atomic E-state index is 12.8. The van der Waals surface area contributed by atoms with Gasteiger partial charge in [0.1, 0.15) is 11.6 Å². The van der Waals surface area contributed by atoms with E-state index in [1.807, 2.05) is 48.5 Å². The lowest BCUT2D eigenvalue weighted by Crippen LogP contribution is -2.43. The molecule has 7 rings (SSSR count). The smallest absolute Gasteiger partial charge is 0.335 e. The van der Waals surface area contributed by atoms with Gasteiger partial charge < -0.3 is 25.3 Å². The molecule has 1 saturated heterocycles. The fourth-order valence-corrected chi connectivity index (χ4v) is 5.62. The number of rotatable bonds is 6. The van der Waals surface area contributed by atoms with Crippen LogP contribution in [0.3, 0.4) is 0 Å². The van der Waals surface area contributed by atoms with Crippen molar-refractivity contribution in [2.24, 2.45) is 0 Å². The van der Waals surface area contributed by atoms with Gasteiger partial charge in [0.2, 0.25) is 0 Å². The molecule has 1 aliphatic heterocycles. The summed E-state index contributed by atoms with van der Waals surface area (Å²) in [7, 11) is 2.11. The second-order valence-electron chi connectivity index (χ2n) is 11.1. The molecule has 2 aromatic heterocycles. The lowest BCUT2D eigenvalue weighted by Gasteiger charge is -2.29. The van der Waals surface area contributed by atoms with E-state index < -0.39 is 5.97 Å². The number of imidazole rings is 2. The minimum atomic E-state index is -0.956. The highest BCUT2D eigenvalue weighted by Crippen LogP contribution is 2.29.